The SMILES string of the molecule is O=C(O)COc1ccc(CNCCOCCO)cc1. The fraction of sp³-hybridized carbons (Fsp3) is 0.462. The maximum Gasteiger partial charge on any atom is 0.341 e. The summed E-state index contributed by atoms with van der Waals surface area (Å²) in [6.45, 7) is 2.02. The topological polar surface area (TPSA) is 88.0 Å². The van der Waals surface area contributed by atoms with Crippen LogP contribution in [0.3, 0.4) is 0 Å². The van der Waals surface area contributed by atoms with E-state index in [9.17, 15) is 4.79 Å². The average molecular weight is 269 g/mol. The average Bonchev–Trinajstić information content (AvgIpc) is 2.41. The van der Waals surface area contributed by atoms with Crippen molar-refractivity contribution in [2.24, 2.45) is 0 Å². The number of aliphatic hydroxyl groups excluding tert-OH is 1. The van der Waals surface area contributed by atoms with Gasteiger partial charge in [-0.15, -0.1) is 0 Å². The molecule has 0 heterocycles. The van der Waals surface area contributed by atoms with E-state index in [0.717, 1.165) is 5.56 Å². The molecule has 0 bridgehead atoms. The van der Waals surface area contributed by atoms with E-state index in [4.69, 9.17) is 19.7 Å². The van der Waals surface area contributed by atoms with Crippen LogP contribution < -0.4 is 10.1 Å². The summed E-state index contributed by atoms with van der Waals surface area (Å²) in [6.07, 6.45) is 0. The number of rotatable bonds is 10. The fourth-order valence-electron chi connectivity index (χ4n) is 1.39. The first-order chi connectivity index (χ1) is 9.22. The van der Waals surface area contributed by atoms with Gasteiger partial charge >= 0.3 is 5.97 Å². The molecule has 0 aliphatic carbocycles. The van der Waals surface area contributed by atoms with Crippen molar-refractivity contribution >= 4 is 5.97 Å². The summed E-state index contributed by atoms with van der Waals surface area (Å²) in [5.41, 5.74) is 1.07. The molecule has 0 spiro atoms. The molecule has 0 aliphatic heterocycles. The summed E-state index contributed by atoms with van der Waals surface area (Å²) in [6, 6.07) is 7.22. The van der Waals surface area contributed by atoms with Crippen molar-refractivity contribution in [3.8, 4) is 5.75 Å². The third-order valence-electron chi connectivity index (χ3n) is 2.27. The highest BCUT2D eigenvalue weighted by Crippen LogP contribution is 2.11. The zero-order chi connectivity index (χ0) is 13.9. The van der Waals surface area contributed by atoms with E-state index in [1.54, 1.807) is 12.1 Å². The molecule has 1 aromatic carbocycles. The van der Waals surface area contributed by atoms with Gasteiger partial charge in [0, 0.05) is 13.1 Å². The second-order valence-electron chi connectivity index (χ2n) is 3.84. The summed E-state index contributed by atoms with van der Waals surface area (Å²) in [4.78, 5) is 10.3. The molecule has 1 aromatic rings. The standard InChI is InChI=1S/C13H19NO5/c15-6-8-18-7-5-14-9-11-1-3-12(4-2-11)19-10-13(16)17/h1-4,14-15H,5-10H2,(H,16,17). The summed E-state index contributed by atoms with van der Waals surface area (Å²) in [5, 5.41) is 20.2. The highest BCUT2D eigenvalue weighted by Gasteiger charge is 1.99. The Morgan fingerprint density at radius 3 is 2.58 bits per heavy atom. The number of benzene rings is 1. The van der Waals surface area contributed by atoms with E-state index in [0.29, 0.717) is 32.1 Å². The van der Waals surface area contributed by atoms with Gasteiger partial charge in [0.2, 0.25) is 0 Å². The van der Waals surface area contributed by atoms with Crippen molar-refractivity contribution in [1.29, 1.82) is 0 Å². The molecular formula is C13H19NO5. The minimum absolute atomic E-state index is 0.0395. The number of nitrogens with one attached hydrogen (secondary N) is 1. The Balaban J connectivity index is 2.19. The molecule has 6 heteroatoms. The van der Waals surface area contributed by atoms with Crippen molar-refractivity contribution in [1.82, 2.24) is 5.32 Å². The van der Waals surface area contributed by atoms with Crippen LogP contribution in [-0.4, -0.2) is 49.2 Å². The molecule has 1 rings (SSSR count). The van der Waals surface area contributed by atoms with Crippen molar-refractivity contribution in [3.63, 3.8) is 0 Å². The fourth-order valence-corrected chi connectivity index (χ4v) is 1.39. The molecule has 0 fully saturated rings. The summed E-state index contributed by atoms with van der Waals surface area (Å²) >= 11 is 0. The molecule has 0 saturated heterocycles. The Morgan fingerprint density at radius 1 is 1.21 bits per heavy atom. The van der Waals surface area contributed by atoms with Crippen molar-refractivity contribution < 1.29 is 24.5 Å². The Hall–Kier alpha value is -1.63. The lowest BCUT2D eigenvalue weighted by molar-refractivity contribution is -0.139. The highest BCUT2D eigenvalue weighted by molar-refractivity contribution is 5.68. The van der Waals surface area contributed by atoms with Gasteiger partial charge in [0.25, 0.3) is 0 Å². The van der Waals surface area contributed by atoms with E-state index < -0.39 is 5.97 Å². The molecule has 0 saturated carbocycles. The first-order valence-electron chi connectivity index (χ1n) is 6.05. The Labute approximate surface area is 112 Å². The van der Waals surface area contributed by atoms with Gasteiger partial charge in [0.1, 0.15) is 5.75 Å². The van der Waals surface area contributed by atoms with E-state index in [1.165, 1.54) is 0 Å². The van der Waals surface area contributed by atoms with E-state index in [-0.39, 0.29) is 13.2 Å². The number of ether oxygens (including phenoxy) is 2. The molecule has 0 radical (unpaired) electrons. The van der Waals surface area contributed by atoms with Gasteiger partial charge in [-0.1, -0.05) is 12.1 Å². The van der Waals surface area contributed by atoms with Crippen molar-refractivity contribution in [2.75, 3.05) is 33.0 Å². The molecule has 6 nitrogen and oxygen atoms in total. The predicted molar refractivity (Wildman–Crippen MR) is 69.2 cm³/mol. The first-order valence-corrected chi connectivity index (χ1v) is 6.05. The maximum atomic E-state index is 10.3. The molecule has 0 atom stereocenters. The third kappa shape index (κ3) is 7.40. The highest BCUT2D eigenvalue weighted by atomic mass is 16.5. The van der Waals surface area contributed by atoms with Crippen LogP contribution in [-0.2, 0) is 16.1 Å². The summed E-state index contributed by atoms with van der Waals surface area (Å²) < 4.78 is 10.1. The van der Waals surface area contributed by atoms with E-state index in [2.05, 4.69) is 5.32 Å². The van der Waals surface area contributed by atoms with Crippen LogP contribution in [0.25, 0.3) is 0 Å². The number of aliphatic carboxylic acids is 1. The predicted octanol–water partition coefficient (Wildman–Crippen LogP) is 0.249. The van der Waals surface area contributed by atoms with Gasteiger partial charge in [-0.05, 0) is 17.7 Å². The van der Waals surface area contributed by atoms with Crippen LogP contribution in [0, 0.1) is 0 Å². The van der Waals surface area contributed by atoms with Crippen LogP contribution in [0.1, 0.15) is 5.56 Å². The lowest BCUT2D eigenvalue weighted by Crippen LogP contribution is -2.20. The zero-order valence-electron chi connectivity index (χ0n) is 10.7. The second-order valence-corrected chi connectivity index (χ2v) is 3.84. The van der Waals surface area contributed by atoms with E-state index >= 15 is 0 Å². The van der Waals surface area contributed by atoms with Gasteiger partial charge in [-0.2, -0.15) is 0 Å². The molecule has 106 valence electrons. The van der Waals surface area contributed by atoms with Crippen LogP contribution in [0.4, 0.5) is 0 Å². The molecule has 0 aromatic heterocycles. The van der Waals surface area contributed by atoms with E-state index in [1.807, 2.05) is 12.1 Å². The van der Waals surface area contributed by atoms with Crippen molar-refractivity contribution in [3.05, 3.63) is 29.8 Å². The lowest BCUT2D eigenvalue weighted by Gasteiger charge is -2.07. The van der Waals surface area contributed by atoms with Crippen LogP contribution in [0.5, 0.6) is 5.75 Å². The molecule has 0 amide bonds. The lowest BCUT2D eigenvalue weighted by atomic mass is 10.2. The number of hydrogen-bond donors (Lipinski definition) is 3. The minimum atomic E-state index is -0.992. The number of carboxylic acid groups (broad SMARTS) is 1. The zero-order valence-corrected chi connectivity index (χ0v) is 10.7. The third-order valence-corrected chi connectivity index (χ3v) is 2.27. The number of carbonyl (C=O) groups is 1. The summed E-state index contributed by atoms with van der Waals surface area (Å²) in [5.74, 6) is -0.453. The Bertz CT molecular complexity index is 366. The molecular weight excluding hydrogens is 250 g/mol. The molecule has 0 aliphatic rings. The number of aliphatic hydroxyl groups is 1. The summed E-state index contributed by atoms with van der Waals surface area (Å²) in [7, 11) is 0. The smallest absolute Gasteiger partial charge is 0.341 e. The Kier molecular flexibility index (Phi) is 7.57. The van der Waals surface area contributed by atoms with Gasteiger partial charge in [-0.25, -0.2) is 4.79 Å². The minimum Gasteiger partial charge on any atom is -0.482 e. The van der Waals surface area contributed by atoms with Crippen molar-refractivity contribution in [2.45, 2.75) is 6.54 Å². The molecule has 0 unspecified atom stereocenters. The quantitative estimate of drug-likeness (QED) is 0.528. The van der Waals surface area contributed by atoms with Crippen LogP contribution >= 0.6 is 0 Å². The monoisotopic (exact) mass is 269 g/mol. The first kappa shape index (κ1) is 15.4. The number of carboxylic acids is 1. The maximum absolute atomic E-state index is 10.3. The van der Waals surface area contributed by atoms with Gasteiger partial charge in [0.15, 0.2) is 6.61 Å². The molecule has 19 heavy (non-hydrogen) atoms. The van der Waals surface area contributed by atoms with Gasteiger partial charge < -0.3 is 25.0 Å². The second kappa shape index (κ2) is 9.32. The molecule has 3 N–H and O–H groups in total. The van der Waals surface area contributed by atoms with Gasteiger partial charge in [0.05, 0.1) is 19.8 Å². The normalized spacial score (nSPS) is 10.4. The number of hydrogen-bond acceptors (Lipinski definition) is 5. The van der Waals surface area contributed by atoms with Crippen LogP contribution in [0.15, 0.2) is 24.3 Å². The van der Waals surface area contributed by atoms with Gasteiger partial charge in [-0.3, -0.25) is 0 Å². The van der Waals surface area contributed by atoms with Crippen LogP contribution in [0.2, 0.25) is 0 Å². The largest absolute Gasteiger partial charge is 0.482 e. The Morgan fingerprint density at radius 2 is 1.95 bits per heavy atom.